The summed E-state index contributed by atoms with van der Waals surface area (Å²) in [6.45, 7) is 0. The third kappa shape index (κ3) is 7.00. The average molecular weight is 712 g/mol. The fraction of sp³-hybridized carbons (Fsp3) is 1.00. The fourth-order valence-electron chi connectivity index (χ4n) is 12.0. The van der Waals surface area contributed by atoms with Crippen molar-refractivity contribution in [3.63, 3.8) is 0 Å². The Bertz CT molecular complexity index is 941. The average Bonchev–Trinajstić information content (AvgIpc) is 3.76. The normalized spacial score (nSPS) is 51.3. The standard InChI is InChI=1S/C32H56N8.Cu.H2O4S/c1-2-10-18-17(9-1)25-33-26(18)38-28-21-13-5-6-14-22(21)30(35-28)40-32-24-16-8-7-15-23(24)31(36-32)39-29-20-12-4-3-11-19(20)27(34-29)37-25;;1-5(2,3)4/h17-40H,1-16H2;;(H2,1,2,3,4)/q;+2;/p-2. The Labute approximate surface area is 286 Å². The molecule has 0 aromatic heterocycles. The van der Waals surface area contributed by atoms with Crippen molar-refractivity contribution in [3.05, 3.63) is 0 Å². The number of hydrogen-bond donors (Lipinski definition) is 8. The van der Waals surface area contributed by atoms with Crippen LogP contribution in [0.3, 0.4) is 0 Å². The molecule has 0 aromatic carbocycles. The predicted molar refractivity (Wildman–Crippen MR) is 168 cm³/mol. The van der Waals surface area contributed by atoms with E-state index in [2.05, 4.69) is 42.5 Å². The van der Waals surface area contributed by atoms with Gasteiger partial charge in [-0.25, -0.2) is 0 Å². The molecule has 4 aliphatic carbocycles. The van der Waals surface area contributed by atoms with Crippen molar-refractivity contribution in [2.24, 2.45) is 47.3 Å². The van der Waals surface area contributed by atoms with Crippen LogP contribution >= 0.6 is 0 Å². The van der Waals surface area contributed by atoms with Crippen molar-refractivity contribution in [3.8, 4) is 0 Å². The van der Waals surface area contributed by atoms with Crippen LogP contribution in [-0.4, -0.2) is 66.8 Å². The van der Waals surface area contributed by atoms with E-state index in [4.69, 9.17) is 17.5 Å². The molecule has 0 aromatic rings. The van der Waals surface area contributed by atoms with Crippen molar-refractivity contribution in [2.45, 2.75) is 152 Å². The van der Waals surface area contributed by atoms with Gasteiger partial charge in [-0.3, -0.25) is 51.0 Å². The van der Waals surface area contributed by atoms with E-state index >= 15 is 0 Å². The van der Waals surface area contributed by atoms with Gasteiger partial charge >= 0.3 is 17.1 Å². The molecule has 14 heteroatoms. The van der Waals surface area contributed by atoms with E-state index in [-0.39, 0.29) is 17.1 Å². The summed E-state index contributed by atoms with van der Waals surface area (Å²) in [5, 5.41) is 33.8. The van der Waals surface area contributed by atoms with Crippen LogP contribution < -0.4 is 42.5 Å². The van der Waals surface area contributed by atoms with Gasteiger partial charge in [0.1, 0.15) is 0 Å². The molecule has 5 aliphatic heterocycles. The van der Waals surface area contributed by atoms with Crippen LogP contribution in [0, 0.1) is 47.3 Å². The largest absolute Gasteiger partial charge is 2.00 e. The van der Waals surface area contributed by atoms with Crippen molar-refractivity contribution in [1.82, 2.24) is 42.5 Å². The van der Waals surface area contributed by atoms with Crippen molar-refractivity contribution in [2.75, 3.05) is 0 Å². The zero-order chi connectivity index (χ0) is 30.7. The summed E-state index contributed by atoms with van der Waals surface area (Å²) in [4.78, 5) is 0. The minimum absolute atomic E-state index is 0. The van der Waals surface area contributed by atoms with Gasteiger partial charge in [-0.05, 0) is 98.7 Å². The van der Waals surface area contributed by atoms with Gasteiger partial charge in [-0.2, -0.15) is 0 Å². The molecule has 8 unspecified atom stereocenters. The maximum absolute atomic E-state index is 8.52. The second-order valence-corrected chi connectivity index (χ2v) is 16.8. The second-order valence-electron chi connectivity index (χ2n) is 16.0. The summed E-state index contributed by atoms with van der Waals surface area (Å²) in [6, 6.07) is 0. The van der Waals surface area contributed by atoms with Gasteiger partial charge in [0.25, 0.3) is 0 Å². The topological polar surface area (TPSA) is 176 Å². The molecule has 5 saturated heterocycles. The molecule has 9 rings (SSSR count). The van der Waals surface area contributed by atoms with Crippen LogP contribution in [0.25, 0.3) is 0 Å². The Hall–Kier alpha value is 0.0695. The SMILES string of the molecule is C1CCC2C3NC(NC4NC(NC5NC(NC6NC(N3)C3CCCCC63)C3CCCCC53)C3CCCCC43)C2C1.O=S(=O)([O-])[O-].[Cu+2]. The number of fused-ring (bicyclic) bond motifs is 20. The van der Waals surface area contributed by atoms with Crippen molar-refractivity contribution >= 4 is 10.4 Å². The van der Waals surface area contributed by atoms with E-state index in [0.717, 1.165) is 47.3 Å². The molecule has 8 bridgehead atoms. The van der Waals surface area contributed by atoms with Gasteiger partial charge in [-0.1, -0.05) is 51.4 Å². The summed E-state index contributed by atoms with van der Waals surface area (Å²) in [6.07, 6.45) is 25.6. The summed E-state index contributed by atoms with van der Waals surface area (Å²) in [5.41, 5.74) is 0. The van der Waals surface area contributed by atoms with Gasteiger partial charge in [0.15, 0.2) is 0 Å². The number of rotatable bonds is 0. The second kappa shape index (κ2) is 14.4. The van der Waals surface area contributed by atoms with E-state index in [1.165, 1.54) is 103 Å². The Balaban J connectivity index is 0.000000526. The van der Waals surface area contributed by atoms with Crippen LogP contribution in [0.15, 0.2) is 0 Å². The molecule has 0 amide bonds. The molecule has 5 heterocycles. The quantitative estimate of drug-likeness (QED) is 0.103. The summed E-state index contributed by atoms with van der Waals surface area (Å²) in [7, 11) is -5.17. The van der Waals surface area contributed by atoms with Crippen LogP contribution in [0.4, 0.5) is 0 Å². The van der Waals surface area contributed by atoms with E-state index in [9.17, 15) is 0 Å². The number of nitrogens with one attached hydrogen (secondary N) is 8. The van der Waals surface area contributed by atoms with Crippen LogP contribution in [0.5, 0.6) is 0 Å². The first kappa shape index (κ1) is 34.5. The molecule has 4 saturated carbocycles. The van der Waals surface area contributed by atoms with Gasteiger partial charge < -0.3 is 9.11 Å². The summed E-state index contributed by atoms with van der Waals surface area (Å²) in [5.74, 6) is 5.97. The Morgan fingerprint density at radius 3 is 0.543 bits per heavy atom. The van der Waals surface area contributed by atoms with Gasteiger partial charge in [0.05, 0.1) is 49.3 Å². The third-order valence-electron chi connectivity index (χ3n) is 13.8. The van der Waals surface area contributed by atoms with E-state index in [0.29, 0.717) is 49.3 Å². The predicted octanol–water partition coefficient (Wildman–Crippen LogP) is 1.27. The van der Waals surface area contributed by atoms with Crippen LogP contribution in [0.2, 0.25) is 0 Å². The van der Waals surface area contributed by atoms with E-state index in [1.54, 1.807) is 0 Å². The third-order valence-corrected chi connectivity index (χ3v) is 13.8. The van der Waals surface area contributed by atoms with E-state index in [1.807, 2.05) is 0 Å². The summed E-state index contributed by atoms with van der Waals surface area (Å²) >= 11 is 0. The minimum atomic E-state index is -5.17. The van der Waals surface area contributed by atoms with Gasteiger partial charge in [0, 0.05) is 10.4 Å². The maximum Gasteiger partial charge on any atom is 2.00 e. The zero-order valence-corrected chi connectivity index (χ0v) is 28.7. The molecular formula is C32H56CuN8O4S. The van der Waals surface area contributed by atoms with E-state index < -0.39 is 10.4 Å². The molecule has 9 fully saturated rings. The minimum Gasteiger partial charge on any atom is -0.759 e. The monoisotopic (exact) mass is 711 g/mol. The molecular weight excluding hydrogens is 656 g/mol. The molecule has 8 N–H and O–H groups in total. The smallest absolute Gasteiger partial charge is 0.759 e. The maximum atomic E-state index is 8.52. The Kier molecular flexibility index (Phi) is 10.8. The molecule has 0 spiro atoms. The molecule has 8 atom stereocenters. The van der Waals surface area contributed by atoms with Crippen LogP contribution in [-0.2, 0) is 27.5 Å². The first-order chi connectivity index (χ1) is 21.8. The van der Waals surface area contributed by atoms with Crippen molar-refractivity contribution in [1.29, 1.82) is 0 Å². The van der Waals surface area contributed by atoms with Gasteiger partial charge in [-0.15, -0.1) is 0 Å². The Morgan fingerprint density at radius 1 is 0.326 bits per heavy atom. The molecule has 12 nitrogen and oxygen atoms in total. The fourth-order valence-corrected chi connectivity index (χ4v) is 12.0. The molecule has 9 aliphatic rings. The van der Waals surface area contributed by atoms with Gasteiger partial charge in [0.2, 0.25) is 0 Å². The summed E-state index contributed by atoms with van der Waals surface area (Å²) < 4.78 is 34.1. The first-order valence-corrected chi connectivity index (χ1v) is 19.9. The van der Waals surface area contributed by atoms with Crippen LogP contribution in [0.1, 0.15) is 103 Å². The molecule has 46 heavy (non-hydrogen) atoms. The first-order valence-electron chi connectivity index (χ1n) is 18.6. The Morgan fingerprint density at radius 2 is 0.435 bits per heavy atom. The molecule has 265 valence electrons. The zero-order valence-electron chi connectivity index (χ0n) is 26.9. The van der Waals surface area contributed by atoms with Crippen molar-refractivity contribution < 1.29 is 34.6 Å². The molecule has 1 radical (unpaired) electrons. The number of hydrogen-bond acceptors (Lipinski definition) is 12.